The van der Waals surface area contributed by atoms with Gasteiger partial charge in [0, 0.05) is 24.8 Å². The molecule has 2 aliphatic heterocycles. The highest BCUT2D eigenvalue weighted by atomic mass is 15.2. The van der Waals surface area contributed by atoms with Crippen molar-refractivity contribution in [3.8, 4) is 0 Å². The van der Waals surface area contributed by atoms with Crippen LogP contribution in [0.2, 0.25) is 0 Å². The van der Waals surface area contributed by atoms with Crippen LogP contribution in [0.25, 0.3) is 0 Å². The van der Waals surface area contributed by atoms with E-state index in [0.29, 0.717) is 6.04 Å². The normalized spacial score (nSPS) is 22.8. The van der Waals surface area contributed by atoms with Gasteiger partial charge in [0.1, 0.15) is 0 Å². The van der Waals surface area contributed by atoms with Gasteiger partial charge in [-0.2, -0.15) is 0 Å². The van der Waals surface area contributed by atoms with Crippen LogP contribution in [0.5, 0.6) is 0 Å². The van der Waals surface area contributed by atoms with E-state index in [9.17, 15) is 0 Å². The first kappa shape index (κ1) is 13.9. The molecule has 20 heavy (non-hydrogen) atoms. The van der Waals surface area contributed by atoms with Crippen LogP contribution >= 0.6 is 0 Å². The predicted octanol–water partition coefficient (Wildman–Crippen LogP) is 4.22. The average Bonchev–Trinajstić information content (AvgIpc) is 2.56. The van der Waals surface area contributed by atoms with E-state index in [4.69, 9.17) is 0 Å². The van der Waals surface area contributed by atoms with Crippen LogP contribution in [-0.2, 0) is 0 Å². The number of rotatable bonds is 3. The summed E-state index contributed by atoms with van der Waals surface area (Å²) in [6, 6.07) is 9.94. The number of nitrogens with zero attached hydrogens (tertiary/aromatic N) is 2. The summed E-state index contributed by atoms with van der Waals surface area (Å²) in [6.45, 7) is 7.38. The molecule has 1 atom stereocenters. The molecule has 1 aromatic carbocycles. The molecule has 2 aliphatic rings. The quantitative estimate of drug-likeness (QED) is 0.812. The Balaban J connectivity index is 1.65. The van der Waals surface area contributed by atoms with Crippen LogP contribution in [0.15, 0.2) is 24.3 Å². The molecule has 0 saturated carbocycles. The van der Waals surface area contributed by atoms with E-state index in [1.807, 2.05) is 0 Å². The molecule has 0 radical (unpaired) electrons. The lowest BCUT2D eigenvalue weighted by Crippen LogP contribution is -2.32. The Hall–Kier alpha value is -1.02. The Labute approximate surface area is 123 Å². The summed E-state index contributed by atoms with van der Waals surface area (Å²) in [7, 11) is 0. The van der Waals surface area contributed by atoms with E-state index < -0.39 is 0 Å². The summed E-state index contributed by atoms with van der Waals surface area (Å²) in [5.41, 5.74) is 2.90. The summed E-state index contributed by atoms with van der Waals surface area (Å²) in [6.07, 6.45) is 8.27. The Kier molecular flexibility index (Phi) is 4.62. The summed E-state index contributed by atoms with van der Waals surface area (Å²) in [5.74, 6) is 0. The third kappa shape index (κ3) is 3.17. The number of likely N-dealkylation sites (tertiary alicyclic amines) is 1. The fraction of sp³-hybridized carbons (Fsp3) is 0.667. The monoisotopic (exact) mass is 272 g/mol. The fourth-order valence-electron chi connectivity index (χ4n) is 3.63. The SMILES string of the molecule is CC(c1ccc(N2CCCCC2)cc1)N1CCCCC1. The van der Waals surface area contributed by atoms with Crippen LogP contribution in [0, 0.1) is 0 Å². The Morgan fingerprint density at radius 1 is 0.750 bits per heavy atom. The minimum absolute atomic E-state index is 0.575. The van der Waals surface area contributed by atoms with Crippen LogP contribution in [0.3, 0.4) is 0 Å². The molecule has 0 bridgehead atoms. The molecular weight excluding hydrogens is 244 g/mol. The lowest BCUT2D eigenvalue weighted by atomic mass is 10.0. The Bertz CT molecular complexity index is 400. The molecule has 3 rings (SSSR count). The first-order chi connectivity index (χ1) is 9.84. The van der Waals surface area contributed by atoms with Gasteiger partial charge in [0.25, 0.3) is 0 Å². The fourth-order valence-corrected chi connectivity index (χ4v) is 3.63. The van der Waals surface area contributed by atoms with Crippen LogP contribution in [0.4, 0.5) is 5.69 Å². The molecular formula is C18H28N2. The summed E-state index contributed by atoms with van der Waals surface area (Å²) < 4.78 is 0. The minimum Gasteiger partial charge on any atom is -0.372 e. The van der Waals surface area contributed by atoms with Crippen molar-refractivity contribution >= 4 is 5.69 Å². The lowest BCUT2D eigenvalue weighted by Gasteiger charge is -2.33. The highest BCUT2D eigenvalue weighted by molar-refractivity contribution is 5.48. The van der Waals surface area contributed by atoms with Gasteiger partial charge in [-0.3, -0.25) is 4.90 Å². The average molecular weight is 272 g/mol. The van der Waals surface area contributed by atoms with Crippen molar-refractivity contribution in [1.82, 2.24) is 4.90 Å². The van der Waals surface area contributed by atoms with Crippen LogP contribution in [0.1, 0.15) is 57.1 Å². The van der Waals surface area contributed by atoms with Crippen molar-refractivity contribution in [1.29, 1.82) is 0 Å². The topological polar surface area (TPSA) is 6.48 Å². The van der Waals surface area contributed by atoms with Gasteiger partial charge in [-0.05, 0) is 69.8 Å². The molecule has 0 amide bonds. The third-order valence-electron chi connectivity index (χ3n) is 5.04. The largest absolute Gasteiger partial charge is 0.372 e. The lowest BCUT2D eigenvalue weighted by molar-refractivity contribution is 0.175. The van der Waals surface area contributed by atoms with Crippen molar-refractivity contribution in [3.63, 3.8) is 0 Å². The van der Waals surface area contributed by atoms with Crippen LogP contribution < -0.4 is 4.90 Å². The van der Waals surface area contributed by atoms with Gasteiger partial charge in [-0.25, -0.2) is 0 Å². The van der Waals surface area contributed by atoms with E-state index in [0.717, 1.165) is 0 Å². The van der Waals surface area contributed by atoms with Crippen molar-refractivity contribution < 1.29 is 0 Å². The van der Waals surface area contributed by atoms with E-state index in [1.54, 1.807) is 0 Å². The highest BCUT2D eigenvalue weighted by Gasteiger charge is 2.18. The van der Waals surface area contributed by atoms with Crippen molar-refractivity contribution in [2.75, 3.05) is 31.1 Å². The van der Waals surface area contributed by atoms with E-state index in [2.05, 4.69) is 41.0 Å². The van der Waals surface area contributed by atoms with E-state index >= 15 is 0 Å². The van der Waals surface area contributed by atoms with E-state index in [-0.39, 0.29) is 0 Å². The second-order valence-electron chi connectivity index (χ2n) is 6.41. The van der Waals surface area contributed by atoms with Gasteiger partial charge < -0.3 is 4.90 Å². The van der Waals surface area contributed by atoms with Gasteiger partial charge in [-0.15, -0.1) is 0 Å². The molecule has 0 N–H and O–H groups in total. The second-order valence-corrected chi connectivity index (χ2v) is 6.41. The summed E-state index contributed by atoms with van der Waals surface area (Å²) in [5, 5.41) is 0. The maximum absolute atomic E-state index is 2.64. The maximum Gasteiger partial charge on any atom is 0.0366 e. The maximum atomic E-state index is 2.64. The summed E-state index contributed by atoms with van der Waals surface area (Å²) in [4.78, 5) is 5.18. The molecule has 0 aromatic heterocycles. The molecule has 2 heterocycles. The Morgan fingerprint density at radius 3 is 1.90 bits per heavy atom. The van der Waals surface area contributed by atoms with Gasteiger partial charge in [0.2, 0.25) is 0 Å². The molecule has 2 heteroatoms. The van der Waals surface area contributed by atoms with E-state index in [1.165, 1.54) is 76.0 Å². The third-order valence-corrected chi connectivity index (χ3v) is 5.04. The van der Waals surface area contributed by atoms with Gasteiger partial charge in [0.05, 0.1) is 0 Å². The zero-order chi connectivity index (χ0) is 13.8. The Morgan fingerprint density at radius 2 is 1.30 bits per heavy atom. The molecule has 0 aliphatic carbocycles. The zero-order valence-electron chi connectivity index (χ0n) is 12.9. The highest BCUT2D eigenvalue weighted by Crippen LogP contribution is 2.27. The van der Waals surface area contributed by atoms with Crippen molar-refractivity contribution in [2.24, 2.45) is 0 Å². The molecule has 1 aromatic rings. The molecule has 1 unspecified atom stereocenters. The summed E-state index contributed by atoms with van der Waals surface area (Å²) >= 11 is 0. The molecule has 2 nitrogen and oxygen atoms in total. The molecule has 2 fully saturated rings. The van der Waals surface area contributed by atoms with Gasteiger partial charge in [0.15, 0.2) is 0 Å². The first-order valence-electron chi connectivity index (χ1n) is 8.43. The first-order valence-corrected chi connectivity index (χ1v) is 8.43. The molecule has 2 saturated heterocycles. The number of hydrogen-bond acceptors (Lipinski definition) is 2. The van der Waals surface area contributed by atoms with Crippen LogP contribution in [-0.4, -0.2) is 31.1 Å². The standard InChI is InChI=1S/C18H28N2/c1-16(19-12-4-2-5-13-19)17-8-10-18(11-9-17)20-14-6-3-7-15-20/h8-11,16H,2-7,12-15H2,1H3. The predicted molar refractivity (Wildman–Crippen MR) is 86.3 cm³/mol. The molecule has 110 valence electrons. The number of hydrogen-bond donors (Lipinski definition) is 0. The second kappa shape index (κ2) is 6.62. The van der Waals surface area contributed by atoms with Crippen molar-refractivity contribution in [3.05, 3.63) is 29.8 Å². The van der Waals surface area contributed by atoms with Crippen molar-refractivity contribution in [2.45, 2.75) is 51.5 Å². The zero-order valence-corrected chi connectivity index (χ0v) is 12.9. The smallest absolute Gasteiger partial charge is 0.0366 e. The number of piperidine rings is 2. The van der Waals surface area contributed by atoms with Gasteiger partial charge >= 0.3 is 0 Å². The number of benzene rings is 1. The molecule has 0 spiro atoms. The number of anilines is 1. The minimum atomic E-state index is 0.575. The van der Waals surface area contributed by atoms with Gasteiger partial charge in [-0.1, -0.05) is 18.6 Å².